The van der Waals surface area contributed by atoms with Gasteiger partial charge in [0.15, 0.2) is 0 Å². The maximum Gasteiger partial charge on any atom is 0.319 e. The summed E-state index contributed by atoms with van der Waals surface area (Å²) < 4.78 is 25.5. The Hall–Kier alpha value is -1.16. The first-order chi connectivity index (χ1) is 6.20. The van der Waals surface area contributed by atoms with Crippen molar-refractivity contribution in [2.24, 2.45) is 0 Å². The van der Waals surface area contributed by atoms with Crippen molar-refractivity contribution >= 4 is 22.5 Å². The number of pyridine rings is 1. The zero-order valence-electron chi connectivity index (χ0n) is 6.42. The van der Waals surface area contributed by atoms with Gasteiger partial charge in [0.1, 0.15) is 0 Å². The number of nitrogens with zero attached hydrogens (tertiary/aromatic N) is 2. The van der Waals surface area contributed by atoms with E-state index in [0.29, 0.717) is 15.9 Å². The van der Waals surface area contributed by atoms with Gasteiger partial charge < -0.3 is 0 Å². The molecule has 0 fully saturated rings. The van der Waals surface area contributed by atoms with Crippen molar-refractivity contribution in [2.75, 3.05) is 0 Å². The molecule has 0 unspecified atom stereocenters. The van der Waals surface area contributed by atoms with Crippen LogP contribution >= 0.6 is 11.6 Å². The maximum atomic E-state index is 12.4. The summed E-state index contributed by atoms with van der Waals surface area (Å²) in [5, 5.41) is 0.980. The number of hydrogen-bond donors (Lipinski definition) is 0. The number of rotatable bonds is 1. The third-order valence-electron chi connectivity index (χ3n) is 1.81. The Balaban J connectivity index is 2.75. The Morgan fingerprint density at radius 3 is 2.85 bits per heavy atom. The van der Waals surface area contributed by atoms with Gasteiger partial charge in [-0.1, -0.05) is 11.6 Å². The molecule has 0 spiro atoms. The molecular weight excluding hydrogens is 198 g/mol. The highest BCUT2D eigenvalue weighted by Crippen LogP contribution is 2.26. The van der Waals surface area contributed by atoms with Crippen LogP contribution in [-0.2, 0) is 0 Å². The van der Waals surface area contributed by atoms with Crippen LogP contribution in [0, 0.1) is 0 Å². The molecule has 0 radical (unpaired) electrons. The van der Waals surface area contributed by atoms with E-state index in [1.165, 1.54) is 18.6 Å². The van der Waals surface area contributed by atoms with Gasteiger partial charge in [0.25, 0.3) is 0 Å². The van der Waals surface area contributed by atoms with Gasteiger partial charge in [-0.05, 0) is 6.07 Å². The molecule has 2 rings (SSSR count). The molecule has 2 nitrogen and oxygen atoms in total. The fourth-order valence-electron chi connectivity index (χ4n) is 1.21. The van der Waals surface area contributed by atoms with E-state index in [1.807, 2.05) is 0 Å². The Morgan fingerprint density at radius 2 is 2.15 bits per heavy atom. The van der Waals surface area contributed by atoms with Crippen molar-refractivity contribution < 1.29 is 8.78 Å². The first-order valence-corrected chi connectivity index (χ1v) is 3.96. The standard InChI is InChI=1S/C8H5ClF2N2/c9-6-3-12-4-7-5(6)1-2-13(7)8(10)11/h1-4,8H. The van der Waals surface area contributed by atoms with E-state index < -0.39 is 6.55 Å². The number of alkyl halides is 2. The Labute approximate surface area is 77.8 Å². The third-order valence-corrected chi connectivity index (χ3v) is 2.11. The average Bonchev–Trinajstić information content (AvgIpc) is 2.48. The molecule has 0 aliphatic rings. The average molecular weight is 203 g/mol. The fourth-order valence-corrected chi connectivity index (χ4v) is 1.43. The zero-order valence-corrected chi connectivity index (χ0v) is 7.17. The second-order valence-corrected chi connectivity index (χ2v) is 2.96. The van der Waals surface area contributed by atoms with E-state index >= 15 is 0 Å². The fraction of sp³-hybridized carbons (Fsp3) is 0.125. The van der Waals surface area contributed by atoms with Crippen LogP contribution in [0.1, 0.15) is 6.55 Å². The van der Waals surface area contributed by atoms with E-state index in [2.05, 4.69) is 4.98 Å². The van der Waals surface area contributed by atoms with E-state index in [-0.39, 0.29) is 0 Å². The van der Waals surface area contributed by atoms with E-state index in [4.69, 9.17) is 11.6 Å². The lowest BCUT2D eigenvalue weighted by atomic mass is 10.3. The van der Waals surface area contributed by atoms with Crippen LogP contribution in [-0.4, -0.2) is 9.55 Å². The molecule has 0 atom stereocenters. The van der Waals surface area contributed by atoms with Crippen molar-refractivity contribution in [2.45, 2.75) is 6.55 Å². The van der Waals surface area contributed by atoms with Crippen molar-refractivity contribution in [1.29, 1.82) is 0 Å². The van der Waals surface area contributed by atoms with Crippen molar-refractivity contribution in [3.8, 4) is 0 Å². The van der Waals surface area contributed by atoms with Crippen LogP contribution in [0.4, 0.5) is 8.78 Å². The number of halogens is 3. The molecule has 2 aromatic rings. The largest absolute Gasteiger partial charge is 0.319 e. The number of hydrogen-bond acceptors (Lipinski definition) is 1. The second-order valence-electron chi connectivity index (χ2n) is 2.55. The summed E-state index contributed by atoms with van der Waals surface area (Å²) in [6.45, 7) is -2.56. The van der Waals surface area contributed by atoms with E-state index in [9.17, 15) is 8.78 Å². The maximum absolute atomic E-state index is 12.4. The van der Waals surface area contributed by atoms with Gasteiger partial charge >= 0.3 is 6.55 Å². The molecular formula is C8H5ClF2N2. The normalized spacial score (nSPS) is 11.4. The SMILES string of the molecule is FC(F)n1ccc2c(Cl)cncc21. The van der Waals surface area contributed by atoms with E-state index in [0.717, 1.165) is 4.57 Å². The summed E-state index contributed by atoms with van der Waals surface area (Å²) >= 11 is 5.75. The first kappa shape index (κ1) is 8.44. The molecule has 5 heteroatoms. The molecule has 0 saturated heterocycles. The minimum Gasteiger partial charge on any atom is -0.289 e. The monoisotopic (exact) mass is 202 g/mol. The minimum atomic E-state index is -2.56. The molecule has 13 heavy (non-hydrogen) atoms. The van der Waals surface area contributed by atoms with Crippen LogP contribution in [0.25, 0.3) is 10.9 Å². The summed E-state index contributed by atoms with van der Waals surface area (Å²) in [5.74, 6) is 0. The summed E-state index contributed by atoms with van der Waals surface area (Å²) in [7, 11) is 0. The van der Waals surface area contributed by atoms with Crippen LogP contribution < -0.4 is 0 Å². The van der Waals surface area contributed by atoms with Crippen molar-refractivity contribution in [1.82, 2.24) is 9.55 Å². The molecule has 0 aromatic carbocycles. The van der Waals surface area contributed by atoms with E-state index in [1.54, 1.807) is 6.07 Å². The first-order valence-electron chi connectivity index (χ1n) is 3.58. The summed E-state index contributed by atoms with van der Waals surface area (Å²) in [6.07, 6.45) is 4.09. The van der Waals surface area contributed by atoms with Gasteiger partial charge in [-0.2, -0.15) is 8.78 Å². The molecule has 2 aromatic heterocycles. The predicted octanol–water partition coefficient (Wildman–Crippen LogP) is 3.08. The molecule has 0 aliphatic heterocycles. The summed E-state index contributed by atoms with van der Waals surface area (Å²) in [4.78, 5) is 3.74. The molecule has 2 heterocycles. The van der Waals surface area contributed by atoms with Gasteiger partial charge in [-0.15, -0.1) is 0 Å². The highest BCUT2D eigenvalue weighted by Gasteiger charge is 2.10. The highest BCUT2D eigenvalue weighted by molar-refractivity contribution is 6.35. The Bertz CT molecular complexity index is 439. The third kappa shape index (κ3) is 1.27. The summed E-state index contributed by atoms with van der Waals surface area (Å²) in [5.41, 5.74) is 0.350. The summed E-state index contributed by atoms with van der Waals surface area (Å²) in [6, 6.07) is 1.55. The molecule has 0 bridgehead atoms. The van der Waals surface area contributed by atoms with Gasteiger partial charge in [0.2, 0.25) is 0 Å². The molecule has 0 amide bonds. The van der Waals surface area contributed by atoms with Gasteiger partial charge in [0, 0.05) is 17.8 Å². The quantitative estimate of drug-likeness (QED) is 0.695. The lowest BCUT2D eigenvalue weighted by Crippen LogP contribution is -1.95. The van der Waals surface area contributed by atoms with Crippen LogP contribution in [0.5, 0.6) is 0 Å². The van der Waals surface area contributed by atoms with Gasteiger partial charge in [-0.25, -0.2) is 0 Å². The Kier molecular flexibility index (Phi) is 1.92. The van der Waals surface area contributed by atoms with Crippen LogP contribution in [0.15, 0.2) is 24.7 Å². The lowest BCUT2D eigenvalue weighted by molar-refractivity contribution is 0.0752. The van der Waals surface area contributed by atoms with Crippen LogP contribution in [0.2, 0.25) is 5.02 Å². The number of fused-ring (bicyclic) bond motifs is 1. The number of aromatic nitrogens is 2. The molecule has 0 aliphatic carbocycles. The second kappa shape index (κ2) is 2.96. The molecule has 68 valence electrons. The highest BCUT2D eigenvalue weighted by atomic mass is 35.5. The molecule has 0 N–H and O–H groups in total. The van der Waals surface area contributed by atoms with Gasteiger partial charge in [0.05, 0.1) is 16.7 Å². The van der Waals surface area contributed by atoms with Gasteiger partial charge in [-0.3, -0.25) is 9.55 Å². The van der Waals surface area contributed by atoms with Crippen LogP contribution in [0.3, 0.4) is 0 Å². The van der Waals surface area contributed by atoms with Crippen molar-refractivity contribution in [3.05, 3.63) is 29.7 Å². The minimum absolute atomic E-state index is 0.350. The smallest absolute Gasteiger partial charge is 0.289 e. The molecule has 0 saturated carbocycles. The topological polar surface area (TPSA) is 17.8 Å². The van der Waals surface area contributed by atoms with Crippen molar-refractivity contribution in [3.63, 3.8) is 0 Å². The Morgan fingerprint density at radius 1 is 1.38 bits per heavy atom. The lowest BCUT2D eigenvalue weighted by Gasteiger charge is -2.01. The predicted molar refractivity (Wildman–Crippen MR) is 46.0 cm³/mol. The zero-order chi connectivity index (χ0) is 9.42.